The van der Waals surface area contributed by atoms with Crippen LogP contribution in [0.4, 0.5) is 0 Å². The van der Waals surface area contributed by atoms with E-state index in [4.69, 9.17) is 9.47 Å². The lowest BCUT2D eigenvalue weighted by Gasteiger charge is -2.28. The highest BCUT2D eigenvalue weighted by atomic mass is 16.6. The number of aromatic amines is 1. The molecule has 1 aromatic heterocycles. The predicted octanol–water partition coefficient (Wildman–Crippen LogP) is 1.97. The topological polar surface area (TPSA) is 126 Å². The Balaban J connectivity index is 2.41. The molecule has 1 heterocycles. The van der Waals surface area contributed by atoms with E-state index in [-0.39, 0.29) is 12.2 Å². The molecule has 0 saturated carbocycles. The number of H-pyrrole nitrogens is 1. The summed E-state index contributed by atoms with van der Waals surface area (Å²) in [4.78, 5) is 31.1. The van der Waals surface area contributed by atoms with Gasteiger partial charge in [0.1, 0.15) is 5.56 Å². The van der Waals surface area contributed by atoms with Crippen molar-refractivity contribution in [3.63, 3.8) is 0 Å². The number of aromatic nitrogens is 2. The number of unbranched alkanes of at least 4 members (excludes halogenated alkanes) is 2. The van der Waals surface area contributed by atoms with E-state index < -0.39 is 29.5 Å². The van der Waals surface area contributed by atoms with E-state index >= 15 is 0 Å². The number of ether oxygens (including phenoxy) is 2. The van der Waals surface area contributed by atoms with Gasteiger partial charge in [-0.2, -0.15) is 0 Å². The van der Waals surface area contributed by atoms with Gasteiger partial charge in [0.25, 0.3) is 5.56 Å². The first-order valence-corrected chi connectivity index (χ1v) is 10.5. The van der Waals surface area contributed by atoms with Gasteiger partial charge in [0.15, 0.2) is 0 Å². The van der Waals surface area contributed by atoms with Gasteiger partial charge in [-0.3, -0.25) is 14.8 Å². The second-order valence-electron chi connectivity index (χ2n) is 7.14. The molecule has 9 nitrogen and oxygen atoms in total. The molecule has 2 rings (SSSR count). The van der Waals surface area contributed by atoms with Crippen LogP contribution >= 0.6 is 0 Å². The van der Waals surface area contributed by atoms with Crippen LogP contribution in [0.15, 0.2) is 44.9 Å². The van der Waals surface area contributed by atoms with E-state index in [1.165, 1.54) is 0 Å². The number of hydrogen-bond acceptors (Lipinski definition) is 7. The summed E-state index contributed by atoms with van der Waals surface area (Å²) in [6.07, 6.45) is 4.57. The lowest BCUT2D eigenvalue weighted by atomic mass is 10.2. The Hall–Kier alpha value is -2.75. The number of nitrogens with one attached hydrogen (secondary N) is 1. The molecule has 0 aliphatic carbocycles. The fraction of sp³-hybridized carbons (Fsp3) is 0.500. The second kappa shape index (κ2) is 12.2. The second-order valence-corrected chi connectivity index (χ2v) is 7.14. The standard InChI is InChI=1S/C22H31N3O6/c1-3-5-12-30-16-22(15-26,31-13-6-4-2)23-14-18-19(27)24-21(29)25(20(18)28)17-10-8-7-9-11-17/h7-11,14,26,28H,3-6,12-13,15-16H2,1-2H3,(H,24,27,29)/b23-14+. The molecule has 3 N–H and O–H groups in total. The molecule has 2 aromatic rings. The molecule has 0 bridgehead atoms. The van der Waals surface area contributed by atoms with Crippen molar-refractivity contribution in [3.8, 4) is 11.6 Å². The summed E-state index contributed by atoms with van der Waals surface area (Å²) in [5, 5.41) is 20.7. The lowest BCUT2D eigenvalue weighted by molar-refractivity contribution is -0.118. The highest BCUT2D eigenvalue weighted by Gasteiger charge is 2.30. The molecule has 0 aliphatic rings. The zero-order chi connectivity index (χ0) is 22.7. The van der Waals surface area contributed by atoms with Crippen molar-refractivity contribution >= 4 is 6.21 Å². The first kappa shape index (κ1) is 24.5. The largest absolute Gasteiger partial charge is 0.493 e. The summed E-state index contributed by atoms with van der Waals surface area (Å²) < 4.78 is 12.4. The van der Waals surface area contributed by atoms with Crippen LogP contribution in [-0.2, 0) is 9.47 Å². The average molecular weight is 434 g/mol. The van der Waals surface area contributed by atoms with Crippen molar-refractivity contribution < 1.29 is 19.7 Å². The van der Waals surface area contributed by atoms with Crippen LogP contribution in [0.5, 0.6) is 5.88 Å². The molecule has 0 radical (unpaired) electrons. The molecule has 1 unspecified atom stereocenters. The van der Waals surface area contributed by atoms with Gasteiger partial charge in [0, 0.05) is 19.4 Å². The number of benzene rings is 1. The van der Waals surface area contributed by atoms with Crippen molar-refractivity contribution in [1.29, 1.82) is 0 Å². The first-order chi connectivity index (χ1) is 15.0. The first-order valence-electron chi connectivity index (χ1n) is 10.5. The Bertz CT molecular complexity index is 954. The molecule has 0 spiro atoms. The van der Waals surface area contributed by atoms with Crippen molar-refractivity contribution in [2.75, 3.05) is 26.4 Å². The highest BCUT2D eigenvalue weighted by molar-refractivity contribution is 5.82. The van der Waals surface area contributed by atoms with Crippen molar-refractivity contribution in [1.82, 2.24) is 9.55 Å². The van der Waals surface area contributed by atoms with Gasteiger partial charge in [-0.25, -0.2) is 9.36 Å². The summed E-state index contributed by atoms with van der Waals surface area (Å²) in [5.41, 5.74) is -2.84. The normalized spacial score (nSPS) is 13.5. The monoisotopic (exact) mass is 433 g/mol. The molecule has 0 saturated heterocycles. The van der Waals surface area contributed by atoms with Gasteiger partial charge in [-0.05, 0) is 25.0 Å². The Morgan fingerprint density at radius 3 is 2.45 bits per heavy atom. The van der Waals surface area contributed by atoms with E-state index in [0.717, 1.165) is 36.5 Å². The van der Waals surface area contributed by atoms with Crippen molar-refractivity contribution in [2.24, 2.45) is 4.99 Å². The average Bonchev–Trinajstić information content (AvgIpc) is 2.76. The van der Waals surface area contributed by atoms with Gasteiger partial charge in [-0.15, -0.1) is 0 Å². The SMILES string of the molecule is CCCCOCC(CO)(/N=C/c1c(O)n(-c2ccccc2)c(=O)[nH]c1=O)OCCCC. The van der Waals surface area contributed by atoms with E-state index in [0.29, 0.717) is 18.9 Å². The van der Waals surface area contributed by atoms with Crippen LogP contribution in [0, 0.1) is 0 Å². The minimum atomic E-state index is -1.42. The van der Waals surface area contributed by atoms with Crippen LogP contribution in [0.25, 0.3) is 5.69 Å². The third-order valence-electron chi connectivity index (χ3n) is 4.65. The molecular formula is C22H31N3O6. The number of aliphatic hydroxyl groups excluding tert-OH is 1. The molecule has 31 heavy (non-hydrogen) atoms. The maximum atomic E-state index is 12.4. The van der Waals surface area contributed by atoms with Crippen LogP contribution < -0.4 is 11.2 Å². The van der Waals surface area contributed by atoms with Crippen LogP contribution in [0.1, 0.15) is 45.1 Å². The number of aromatic hydroxyl groups is 1. The third kappa shape index (κ3) is 6.61. The number of aliphatic imine (C=N–C) groups is 1. The summed E-state index contributed by atoms with van der Waals surface area (Å²) in [6.45, 7) is 4.38. The molecule has 1 aromatic carbocycles. The zero-order valence-electron chi connectivity index (χ0n) is 18.0. The van der Waals surface area contributed by atoms with Crippen LogP contribution in [0.2, 0.25) is 0 Å². The summed E-state index contributed by atoms with van der Waals surface area (Å²) in [6, 6.07) is 8.40. The predicted molar refractivity (Wildman–Crippen MR) is 118 cm³/mol. The van der Waals surface area contributed by atoms with Gasteiger partial charge in [0.2, 0.25) is 11.6 Å². The van der Waals surface area contributed by atoms with Gasteiger partial charge in [-0.1, -0.05) is 44.9 Å². The maximum absolute atomic E-state index is 12.4. The minimum Gasteiger partial charge on any atom is -0.493 e. The molecule has 0 amide bonds. The van der Waals surface area contributed by atoms with Gasteiger partial charge in [0.05, 0.1) is 18.9 Å². The van der Waals surface area contributed by atoms with Gasteiger partial charge >= 0.3 is 5.69 Å². The molecule has 9 heteroatoms. The van der Waals surface area contributed by atoms with E-state index in [1.54, 1.807) is 30.3 Å². The van der Waals surface area contributed by atoms with Crippen molar-refractivity contribution in [3.05, 3.63) is 56.7 Å². The van der Waals surface area contributed by atoms with E-state index in [2.05, 4.69) is 9.98 Å². The maximum Gasteiger partial charge on any atom is 0.335 e. The lowest BCUT2D eigenvalue weighted by Crippen LogP contribution is -2.41. The van der Waals surface area contributed by atoms with E-state index in [9.17, 15) is 19.8 Å². The number of hydrogen-bond donors (Lipinski definition) is 3. The number of rotatable bonds is 13. The zero-order valence-corrected chi connectivity index (χ0v) is 18.0. The van der Waals surface area contributed by atoms with E-state index in [1.807, 2.05) is 13.8 Å². The Kier molecular flexibility index (Phi) is 9.64. The Morgan fingerprint density at radius 2 is 1.81 bits per heavy atom. The van der Waals surface area contributed by atoms with Crippen LogP contribution in [0.3, 0.4) is 0 Å². The summed E-state index contributed by atoms with van der Waals surface area (Å²) in [7, 11) is 0. The molecule has 1 atom stereocenters. The minimum absolute atomic E-state index is 0.0132. The number of aliphatic hydroxyl groups is 1. The molecule has 170 valence electrons. The smallest absolute Gasteiger partial charge is 0.335 e. The van der Waals surface area contributed by atoms with Gasteiger partial charge < -0.3 is 19.7 Å². The third-order valence-corrected chi connectivity index (χ3v) is 4.65. The Morgan fingerprint density at radius 1 is 1.13 bits per heavy atom. The fourth-order valence-corrected chi connectivity index (χ4v) is 2.79. The number of para-hydroxylation sites is 1. The number of nitrogens with zero attached hydrogens (tertiary/aromatic N) is 2. The van der Waals surface area contributed by atoms with Crippen molar-refractivity contribution in [2.45, 2.75) is 45.3 Å². The Labute approximate surface area is 181 Å². The molecular weight excluding hydrogens is 402 g/mol. The summed E-state index contributed by atoms with van der Waals surface area (Å²) >= 11 is 0. The fourth-order valence-electron chi connectivity index (χ4n) is 2.79. The molecule has 0 fully saturated rings. The quantitative estimate of drug-likeness (QED) is 0.328. The van der Waals surface area contributed by atoms with Crippen LogP contribution in [-0.4, -0.2) is 58.1 Å². The highest BCUT2D eigenvalue weighted by Crippen LogP contribution is 2.18. The summed E-state index contributed by atoms with van der Waals surface area (Å²) in [5.74, 6) is -0.559. The molecule has 0 aliphatic heterocycles.